The molecular weight excluding hydrogens is 284 g/mol. The van der Waals surface area contributed by atoms with Gasteiger partial charge in [-0.1, -0.05) is 10.3 Å². The summed E-state index contributed by atoms with van der Waals surface area (Å²) in [4.78, 5) is 0. The summed E-state index contributed by atoms with van der Waals surface area (Å²) in [6.45, 7) is 0. The fourth-order valence-electron chi connectivity index (χ4n) is 2.22. The molecule has 0 unspecified atom stereocenters. The third-order valence-corrected chi connectivity index (χ3v) is 3.10. The van der Waals surface area contributed by atoms with Crippen molar-refractivity contribution in [3.8, 4) is 24.3 Å². The molecule has 0 spiro atoms. The molecule has 0 radical (unpaired) electrons. The van der Waals surface area contributed by atoms with E-state index in [1.807, 2.05) is 0 Å². The fraction of sp³-hybridized carbons (Fsp3) is 0. The van der Waals surface area contributed by atoms with Gasteiger partial charge in [-0.15, -0.1) is 0 Å². The first kappa shape index (κ1) is 12.9. The van der Waals surface area contributed by atoms with Crippen LogP contribution in [0.2, 0.25) is 0 Å². The molecule has 8 heteroatoms. The highest BCUT2D eigenvalue weighted by atomic mass is 16.5. The fourth-order valence-corrected chi connectivity index (χ4v) is 2.22. The van der Waals surface area contributed by atoms with E-state index in [1.54, 1.807) is 24.3 Å². The van der Waals surface area contributed by atoms with Crippen LogP contribution in [0.15, 0.2) is 21.6 Å². The Labute approximate surface area is 121 Å². The van der Waals surface area contributed by atoms with Crippen LogP contribution in [0, 0.1) is 45.3 Å². The van der Waals surface area contributed by atoms with Crippen LogP contribution in [0.3, 0.4) is 0 Å². The molecule has 0 aliphatic heterocycles. The highest BCUT2D eigenvalue weighted by Crippen LogP contribution is 2.14. The molecule has 22 heavy (non-hydrogen) atoms. The summed E-state index contributed by atoms with van der Waals surface area (Å²) in [5, 5.41) is 45.0. The number of hydrogen-bond acceptors (Lipinski definition) is 8. The molecule has 3 rings (SSSR count). The van der Waals surface area contributed by atoms with E-state index in [0.29, 0.717) is 10.8 Å². The van der Waals surface area contributed by atoms with Gasteiger partial charge >= 0.3 is 0 Å². The van der Waals surface area contributed by atoms with Gasteiger partial charge in [0.1, 0.15) is 59.0 Å². The van der Waals surface area contributed by atoms with Crippen molar-refractivity contribution in [1.82, 2.24) is 10.3 Å². The minimum absolute atomic E-state index is 0.187. The van der Waals surface area contributed by atoms with Crippen molar-refractivity contribution in [3.05, 3.63) is 23.0 Å². The molecule has 0 atom stereocenters. The van der Waals surface area contributed by atoms with Crippen molar-refractivity contribution >= 4 is 33.0 Å². The Morgan fingerprint density at radius 3 is 1.41 bits per heavy atom. The minimum atomic E-state index is -0.200. The molecule has 3 aromatic rings. The smallest absolute Gasteiger partial charge is 0.140 e. The second kappa shape index (κ2) is 4.76. The number of rotatable bonds is 0. The number of benzene rings is 1. The molecular formula is C14H2N6O2. The topological polar surface area (TPSA) is 147 Å². The van der Waals surface area contributed by atoms with Crippen LogP contribution in [0.4, 0.5) is 0 Å². The predicted octanol–water partition coefficient (Wildman–Crippen LogP) is 0.365. The standard InChI is InChI=1S/C14H2N6O2/c15-1-7(2-16)11-9-5-21-20-14(9)12(8(3-17)4-18)10-6-22-19-13(10)11/h5-6H. The maximum Gasteiger partial charge on any atom is 0.140 e. The van der Waals surface area contributed by atoms with E-state index in [2.05, 4.69) is 10.3 Å². The molecule has 0 saturated heterocycles. The Morgan fingerprint density at radius 1 is 0.727 bits per heavy atom. The van der Waals surface area contributed by atoms with E-state index < -0.39 is 0 Å². The SMILES string of the molecule is N#CC(C#N)=c1c2conc2c(=C(C#N)C#N)c2conc12. The summed E-state index contributed by atoms with van der Waals surface area (Å²) >= 11 is 0. The first-order valence-corrected chi connectivity index (χ1v) is 5.76. The van der Waals surface area contributed by atoms with Crippen molar-refractivity contribution in [2.75, 3.05) is 0 Å². The molecule has 8 nitrogen and oxygen atoms in total. The van der Waals surface area contributed by atoms with Gasteiger partial charge in [0.25, 0.3) is 0 Å². The second-order valence-corrected chi connectivity index (χ2v) is 4.10. The zero-order valence-electron chi connectivity index (χ0n) is 10.7. The molecule has 0 fully saturated rings. The van der Waals surface area contributed by atoms with Gasteiger partial charge in [-0.25, -0.2) is 0 Å². The quantitative estimate of drug-likeness (QED) is 0.575. The van der Waals surface area contributed by atoms with E-state index in [-0.39, 0.29) is 32.6 Å². The molecule has 2 aromatic heterocycles. The minimum Gasteiger partial charge on any atom is -0.363 e. The van der Waals surface area contributed by atoms with Gasteiger partial charge in [-0.05, 0) is 0 Å². The summed E-state index contributed by atoms with van der Waals surface area (Å²) in [6, 6.07) is 7.10. The van der Waals surface area contributed by atoms with Gasteiger partial charge in [0.2, 0.25) is 0 Å². The first-order valence-electron chi connectivity index (χ1n) is 5.76. The van der Waals surface area contributed by atoms with Gasteiger partial charge in [0, 0.05) is 10.4 Å². The first-order chi connectivity index (χ1) is 10.8. The van der Waals surface area contributed by atoms with E-state index >= 15 is 0 Å². The Bertz CT molecular complexity index is 1030. The highest BCUT2D eigenvalue weighted by molar-refractivity contribution is 6.02. The van der Waals surface area contributed by atoms with Gasteiger partial charge in [0.15, 0.2) is 0 Å². The van der Waals surface area contributed by atoms with Crippen molar-refractivity contribution in [3.63, 3.8) is 0 Å². The predicted molar refractivity (Wildman–Crippen MR) is 70.1 cm³/mol. The third-order valence-electron chi connectivity index (χ3n) is 3.10. The van der Waals surface area contributed by atoms with E-state index in [0.717, 1.165) is 0 Å². The lowest BCUT2D eigenvalue weighted by atomic mass is 10.0. The Morgan fingerprint density at radius 2 is 1.09 bits per heavy atom. The summed E-state index contributed by atoms with van der Waals surface area (Å²) in [6.07, 6.45) is 2.45. The van der Waals surface area contributed by atoms with Gasteiger partial charge < -0.3 is 9.05 Å². The lowest BCUT2D eigenvalue weighted by Gasteiger charge is -1.95. The lowest BCUT2D eigenvalue weighted by molar-refractivity contribution is 0.426. The summed E-state index contributed by atoms with van der Waals surface area (Å²) in [5.41, 5.74) is -0.0261. The average Bonchev–Trinajstić information content (AvgIpc) is 3.19. The van der Waals surface area contributed by atoms with Crippen LogP contribution < -0.4 is 10.4 Å². The molecule has 100 valence electrons. The molecule has 0 aliphatic rings. The van der Waals surface area contributed by atoms with Crippen LogP contribution in [-0.2, 0) is 0 Å². The summed E-state index contributed by atoms with van der Waals surface area (Å²) < 4.78 is 9.78. The molecule has 0 saturated carbocycles. The van der Waals surface area contributed by atoms with Crippen molar-refractivity contribution < 1.29 is 9.05 Å². The van der Waals surface area contributed by atoms with Crippen LogP contribution >= 0.6 is 0 Å². The normalized spacial score (nSPS) is 9.64. The van der Waals surface area contributed by atoms with Crippen molar-refractivity contribution in [2.24, 2.45) is 0 Å². The molecule has 0 N–H and O–H groups in total. The Balaban J connectivity index is 2.89. The summed E-state index contributed by atoms with van der Waals surface area (Å²) in [7, 11) is 0. The van der Waals surface area contributed by atoms with Crippen LogP contribution in [-0.4, -0.2) is 10.3 Å². The third kappa shape index (κ3) is 1.53. The lowest BCUT2D eigenvalue weighted by Crippen LogP contribution is -2.17. The van der Waals surface area contributed by atoms with Gasteiger partial charge in [0.05, 0.1) is 10.8 Å². The summed E-state index contributed by atoms with van der Waals surface area (Å²) in [5.74, 6) is 0. The zero-order chi connectivity index (χ0) is 15.7. The van der Waals surface area contributed by atoms with Gasteiger partial charge in [-0.3, -0.25) is 0 Å². The number of fused-ring (bicyclic) bond motifs is 2. The van der Waals surface area contributed by atoms with E-state index in [4.69, 9.17) is 30.1 Å². The maximum atomic E-state index is 9.12. The highest BCUT2D eigenvalue weighted by Gasteiger charge is 2.17. The van der Waals surface area contributed by atoms with Crippen molar-refractivity contribution in [2.45, 2.75) is 0 Å². The second-order valence-electron chi connectivity index (χ2n) is 4.10. The van der Waals surface area contributed by atoms with E-state index in [9.17, 15) is 0 Å². The van der Waals surface area contributed by atoms with Crippen LogP contribution in [0.25, 0.3) is 33.0 Å². The number of nitrogens with zero attached hydrogens (tertiary/aromatic N) is 6. The molecule has 0 amide bonds. The molecule has 2 heterocycles. The van der Waals surface area contributed by atoms with Crippen LogP contribution in [0.5, 0.6) is 0 Å². The number of aromatic nitrogens is 2. The Hall–Kier alpha value is -4.14. The molecule has 0 bridgehead atoms. The Kier molecular flexibility index (Phi) is 2.78. The molecule has 0 aliphatic carbocycles. The molecule has 1 aromatic carbocycles. The zero-order valence-corrected chi connectivity index (χ0v) is 10.7. The average molecular weight is 286 g/mol. The van der Waals surface area contributed by atoms with Gasteiger partial charge in [-0.2, -0.15) is 21.0 Å². The monoisotopic (exact) mass is 286 g/mol. The van der Waals surface area contributed by atoms with Crippen molar-refractivity contribution in [1.29, 1.82) is 21.0 Å². The number of hydrogen-bond donors (Lipinski definition) is 0. The maximum absolute atomic E-state index is 9.12. The number of nitriles is 4. The van der Waals surface area contributed by atoms with E-state index in [1.165, 1.54) is 12.5 Å². The van der Waals surface area contributed by atoms with Crippen LogP contribution in [0.1, 0.15) is 0 Å². The largest absolute Gasteiger partial charge is 0.363 e.